The Morgan fingerprint density at radius 3 is 2.54 bits per heavy atom. The Hall–Kier alpha value is -3.54. The minimum Gasteiger partial charge on any atom is -0.378 e. The number of nitrogens with two attached hydrogens (primary N) is 1. The second-order valence-corrected chi connectivity index (χ2v) is 8.78. The second-order valence-electron chi connectivity index (χ2n) is 8.78. The number of nitrogens with one attached hydrogen (secondary N) is 2. The van der Waals surface area contributed by atoms with Gasteiger partial charge < -0.3 is 26.0 Å². The van der Waals surface area contributed by atoms with E-state index >= 15 is 0 Å². The molecule has 0 aliphatic carbocycles. The number of imidazole rings is 1. The molecule has 4 rings (SSSR count). The van der Waals surface area contributed by atoms with Gasteiger partial charge in [-0.05, 0) is 26.7 Å². The molecule has 12 heteroatoms. The van der Waals surface area contributed by atoms with Crippen LogP contribution in [0.4, 0.5) is 17.8 Å². The first-order valence-corrected chi connectivity index (χ1v) is 12.1. The Morgan fingerprint density at radius 2 is 1.86 bits per heavy atom. The molecular formula is C23H34N10O2. The van der Waals surface area contributed by atoms with Crippen molar-refractivity contribution in [2.45, 2.75) is 45.6 Å². The summed E-state index contributed by atoms with van der Waals surface area (Å²) in [5, 5.41) is 6.13. The molecule has 35 heavy (non-hydrogen) atoms. The number of fused-ring (bicyclic) bond motifs is 1. The van der Waals surface area contributed by atoms with Crippen LogP contribution in [0.1, 0.15) is 45.6 Å². The molecule has 0 radical (unpaired) electrons. The summed E-state index contributed by atoms with van der Waals surface area (Å²) in [6, 6.07) is 0.124. The summed E-state index contributed by atoms with van der Waals surface area (Å²) in [7, 11) is 1.67. The van der Waals surface area contributed by atoms with Crippen molar-refractivity contribution in [3.63, 3.8) is 0 Å². The Bertz CT molecular complexity index is 1140. The van der Waals surface area contributed by atoms with Gasteiger partial charge in [0.2, 0.25) is 23.8 Å². The lowest BCUT2D eigenvalue weighted by atomic mass is 10.2. The summed E-state index contributed by atoms with van der Waals surface area (Å²) in [6.45, 7) is 7.68. The van der Waals surface area contributed by atoms with Crippen molar-refractivity contribution in [1.82, 2.24) is 34.8 Å². The Labute approximate surface area is 204 Å². The SMILES string of the molecule is CNC(=O)CCCCCNc1nc2c(-c3cnc(N)nc3)nc(N3CCOCC3)nc2n1C(C)C. The lowest BCUT2D eigenvalue weighted by molar-refractivity contribution is -0.120. The molecule has 4 heterocycles. The zero-order valence-electron chi connectivity index (χ0n) is 20.6. The standard InChI is InChI=1S/C23H34N10O2/c1-15(2)33-20-19(30-22(33)26-8-6-4-5-7-17(34)25-3)18(16-13-27-21(24)28-14-16)29-23(31-20)32-9-11-35-12-10-32/h13-15H,4-12H2,1-3H3,(H,25,34)(H,26,30)(H2,24,27,28). The molecule has 1 aliphatic rings. The number of hydrogen-bond acceptors (Lipinski definition) is 10. The lowest BCUT2D eigenvalue weighted by Crippen LogP contribution is -2.37. The van der Waals surface area contributed by atoms with Crippen LogP contribution in [0, 0.1) is 0 Å². The second kappa shape index (κ2) is 11.3. The molecule has 0 unspecified atom stereocenters. The van der Waals surface area contributed by atoms with Crippen molar-refractivity contribution in [2.75, 3.05) is 55.8 Å². The number of morpholine rings is 1. The monoisotopic (exact) mass is 482 g/mol. The smallest absolute Gasteiger partial charge is 0.228 e. The van der Waals surface area contributed by atoms with Crippen LogP contribution in [0.5, 0.6) is 0 Å². The minimum absolute atomic E-state index is 0.0772. The van der Waals surface area contributed by atoms with Gasteiger partial charge in [0.05, 0.1) is 13.2 Å². The average Bonchev–Trinajstić information content (AvgIpc) is 3.25. The van der Waals surface area contributed by atoms with Crippen LogP contribution in [0.2, 0.25) is 0 Å². The predicted octanol–water partition coefficient (Wildman–Crippen LogP) is 2.00. The third-order valence-corrected chi connectivity index (χ3v) is 5.93. The number of rotatable bonds is 10. The van der Waals surface area contributed by atoms with Crippen molar-refractivity contribution in [3.8, 4) is 11.3 Å². The van der Waals surface area contributed by atoms with Crippen LogP contribution in [0.15, 0.2) is 12.4 Å². The largest absolute Gasteiger partial charge is 0.378 e. The average molecular weight is 483 g/mol. The van der Waals surface area contributed by atoms with Gasteiger partial charge in [-0.2, -0.15) is 4.98 Å². The molecule has 0 bridgehead atoms. The van der Waals surface area contributed by atoms with Gasteiger partial charge >= 0.3 is 0 Å². The van der Waals surface area contributed by atoms with Gasteiger partial charge in [0.1, 0.15) is 11.2 Å². The van der Waals surface area contributed by atoms with E-state index in [4.69, 9.17) is 25.4 Å². The number of unbranched alkanes of at least 4 members (excludes halogenated alkanes) is 2. The van der Waals surface area contributed by atoms with Gasteiger partial charge in [-0.15, -0.1) is 0 Å². The van der Waals surface area contributed by atoms with Crippen LogP contribution in [-0.4, -0.2) is 75.3 Å². The van der Waals surface area contributed by atoms with Gasteiger partial charge in [-0.1, -0.05) is 6.42 Å². The molecule has 3 aromatic heterocycles. The molecule has 1 fully saturated rings. The summed E-state index contributed by atoms with van der Waals surface area (Å²) < 4.78 is 7.62. The molecular weight excluding hydrogens is 448 g/mol. The van der Waals surface area contributed by atoms with Gasteiger partial charge in [-0.3, -0.25) is 9.36 Å². The summed E-state index contributed by atoms with van der Waals surface area (Å²) in [5.41, 5.74) is 8.56. The highest BCUT2D eigenvalue weighted by Gasteiger charge is 2.23. The van der Waals surface area contributed by atoms with E-state index in [0.717, 1.165) is 56.1 Å². The molecule has 0 aromatic carbocycles. The normalized spacial score (nSPS) is 14.0. The third kappa shape index (κ3) is 5.76. The molecule has 3 aromatic rings. The molecule has 0 saturated carbocycles. The molecule has 12 nitrogen and oxygen atoms in total. The minimum atomic E-state index is 0.0772. The number of nitrogens with zero attached hydrogens (tertiary/aromatic N) is 7. The number of anilines is 3. The Balaban J connectivity index is 1.66. The van der Waals surface area contributed by atoms with Crippen molar-refractivity contribution < 1.29 is 9.53 Å². The van der Waals surface area contributed by atoms with Crippen LogP contribution in [0.3, 0.4) is 0 Å². The fraction of sp³-hybridized carbons (Fsp3) is 0.565. The molecule has 1 amide bonds. The van der Waals surface area contributed by atoms with Crippen LogP contribution < -0.4 is 21.3 Å². The van der Waals surface area contributed by atoms with E-state index < -0.39 is 0 Å². The summed E-state index contributed by atoms with van der Waals surface area (Å²) >= 11 is 0. The van der Waals surface area contributed by atoms with E-state index in [1.807, 2.05) is 0 Å². The van der Waals surface area contributed by atoms with Gasteiger partial charge in [0.25, 0.3) is 0 Å². The van der Waals surface area contributed by atoms with Crippen molar-refractivity contribution in [2.24, 2.45) is 0 Å². The molecule has 1 aliphatic heterocycles. The Kier molecular flexibility index (Phi) is 7.91. The van der Waals surface area contributed by atoms with Gasteiger partial charge in [-0.25, -0.2) is 19.9 Å². The number of carbonyl (C=O) groups excluding carboxylic acids is 1. The molecule has 4 N–H and O–H groups in total. The molecule has 188 valence electrons. The maximum atomic E-state index is 11.4. The van der Waals surface area contributed by atoms with Crippen LogP contribution >= 0.6 is 0 Å². The van der Waals surface area contributed by atoms with Crippen LogP contribution in [-0.2, 0) is 9.53 Å². The summed E-state index contributed by atoms with van der Waals surface area (Å²) in [6.07, 6.45) is 6.63. The highest BCUT2D eigenvalue weighted by molar-refractivity contribution is 5.90. The first-order valence-electron chi connectivity index (χ1n) is 12.1. The number of aromatic nitrogens is 6. The number of nitrogen functional groups attached to an aromatic ring is 1. The topological polar surface area (TPSA) is 149 Å². The quantitative estimate of drug-likeness (QED) is 0.366. The number of amides is 1. The lowest BCUT2D eigenvalue weighted by Gasteiger charge is -2.27. The van der Waals surface area contributed by atoms with Gasteiger partial charge in [0.15, 0.2) is 5.65 Å². The fourth-order valence-corrected chi connectivity index (χ4v) is 4.06. The molecule has 0 atom stereocenters. The Morgan fingerprint density at radius 1 is 1.11 bits per heavy atom. The zero-order chi connectivity index (χ0) is 24.8. The van der Waals surface area contributed by atoms with Crippen molar-refractivity contribution in [1.29, 1.82) is 0 Å². The highest BCUT2D eigenvalue weighted by Crippen LogP contribution is 2.32. The first-order chi connectivity index (χ1) is 17.0. The van der Waals surface area contributed by atoms with Crippen LogP contribution in [0.25, 0.3) is 22.4 Å². The van der Waals surface area contributed by atoms with E-state index in [2.05, 4.69) is 43.9 Å². The van der Waals surface area contributed by atoms with E-state index in [-0.39, 0.29) is 17.9 Å². The maximum Gasteiger partial charge on any atom is 0.228 e. The van der Waals surface area contributed by atoms with E-state index in [9.17, 15) is 4.79 Å². The zero-order valence-corrected chi connectivity index (χ0v) is 20.6. The molecule has 1 saturated heterocycles. The number of hydrogen-bond donors (Lipinski definition) is 3. The van der Waals surface area contributed by atoms with E-state index in [1.54, 1.807) is 19.4 Å². The van der Waals surface area contributed by atoms with Crippen molar-refractivity contribution in [3.05, 3.63) is 12.4 Å². The van der Waals surface area contributed by atoms with E-state index in [0.29, 0.717) is 36.8 Å². The summed E-state index contributed by atoms with van der Waals surface area (Å²) in [4.78, 5) is 36.6. The number of carbonyl (C=O) groups is 1. The fourth-order valence-electron chi connectivity index (χ4n) is 4.06. The predicted molar refractivity (Wildman–Crippen MR) is 135 cm³/mol. The van der Waals surface area contributed by atoms with Gasteiger partial charge in [0, 0.05) is 57.1 Å². The third-order valence-electron chi connectivity index (χ3n) is 5.93. The van der Waals surface area contributed by atoms with Crippen molar-refractivity contribution >= 4 is 34.9 Å². The van der Waals surface area contributed by atoms with E-state index in [1.165, 1.54) is 0 Å². The number of ether oxygens (including phenoxy) is 1. The first kappa shape index (κ1) is 24.6. The maximum absolute atomic E-state index is 11.4. The molecule has 0 spiro atoms. The highest BCUT2D eigenvalue weighted by atomic mass is 16.5. The summed E-state index contributed by atoms with van der Waals surface area (Å²) in [5.74, 6) is 1.66.